The number of hydrogen-bond donors (Lipinski definition) is 1. The highest BCUT2D eigenvalue weighted by atomic mass is 16.5. The maximum Gasteiger partial charge on any atom is 0.128 e. The summed E-state index contributed by atoms with van der Waals surface area (Å²) in [4.78, 5) is 0. The Labute approximate surface area is 114 Å². The highest BCUT2D eigenvalue weighted by Crippen LogP contribution is 2.41. The first-order valence-corrected chi connectivity index (χ1v) is 7.08. The second-order valence-electron chi connectivity index (χ2n) is 5.55. The Balaban J connectivity index is 2.10. The molecule has 2 N–H and O–H groups in total. The minimum absolute atomic E-state index is 0.482. The summed E-state index contributed by atoms with van der Waals surface area (Å²) in [5, 5.41) is 1.19. The molecule has 1 aromatic carbocycles. The summed E-state index contributed by atoms with van der Waals surface area (Å²) in [5.74, 6) is 2.19. The first-order chi connectivity index (χ1) is 9.26. The Bertz CT molecular complexity index is 584. The summed E-state index contributed by atoms with van der Waals surface area (Å²) >= 11 is 0. The molecule has 1 aliphatic rings. The van der Waals surface area contributed by atoms with Crippen LogP contribution in [0.5, 0.6) is 5.75 Å². The number of aromatic nitrogens is 1. The van der Waals surface area contributed by atoms with E-state index in [9.17, 15) is 0 Å². The molecule has 102 valence electrons. The van der Waals surface area contributed by atoms with E-state index in [0.717, 1.165) is 18.2 Å². The second-order valence-corrected chi connectivity index (χ2v) is 5.55. The number of nitrogens with two attached hydrogens (primary N) is 1. The van der Waals surface area contributed by atoms with Gasteiger partial charge in [0.05, 0.1) is 12.6 Å². The van der Waals surface area contributed by atoms with Crippen LogP contribution < -0.4 is 10.5 Å². The normalized spacial score (nSPS) is 17.4. The second kappa shape index (κ2) is 4.89. The zero-order chi connectivity index (χ0) is 13.4. The van der Waals surface area contributed by atoms with Gasteiger partial charge in [0.2, 0.25) is 0 Å². The maximum atomic E-state index is 6.03. The summed E-state index contributed by atoms with van der Waals surface area (Å²) in [7, 11) is 3.87. The molecule has 0 aliphatic heterocycles. The number of benzene rings is 1. The smallest absolute Gasteiger partial charge is 0.128 e. The van der Waals surface area contributed by atoms with Crippen LogP contribution in [-0.4, -0.2) is 18.2 Å². The average molecular weight is 258 g/mol. The van der Waals surface area contributed by atoms with Crippen LogP contribution in [0.15, 0.2) is 24.3 Å². The minimum atomic E-state index is 0.482. The Morgan fingerprint density at radius 1 is 1.42 bits per heavy atom. The molecular formula is C16H22N2O. The highest BCUT2D eigenvalue weighted by Gasteiger charge is 2.29. The van der Waals surface area contributed by atoms with Gasteiger partial charge in [-0.25, -0.2) is 0 Å². The lowest BCUT2D eigenvalue weighted by Crippen LogP contribution is -2.28. The molecule has 1 unspecified atom stereocenters. The van der Waals surface area contributed by atoms with Crippen molar-refractivity contribution in [2.24, 2.45) is 18.7 Å². The Morgan fingerprint density at radius 3 is 2.79 bits per heavy atom. The van der Waals surface area contributed by atoms with Crippen LogP contribution in [0, 0.1) is 5.92 Å². The van der Waals surface area contributed by atoms with Crippen LogP contribution in [0.2, 0.25) is 0 Å². The number of fused-ring (bicyclic) bond motifs is 1. The number of aryl methyl sites for hydroxylation is 1. The van der Waals surface area contributed by atoms with E-state index >= 15 is 0 Å². The quantitative estimate of drug-likeness (QED) is 0.915. The van der Waals surface area contributed by atoms with Gasteiger partial charge in [-0.2, -0.15) is 0 Å². The first kappa shape index (κ1) is 12.5. The highest BCUT2D eigenvalue weighted by molar-refractivity contribution is 5.87. The van der Waals surface area contributed by atoms with Crippen molar-refractivity contribution in [1.82, 2.24) is 4.57 Å². The van der Waals surface area contributed by atoms with Crippen molar-refractivity contribution in [3.63, 3.8) is 0 Å². The number of ether oxygens (including phenoxy) is 1. The fourth-order valence-electron chi connectivity index (χ4n) is 3.28. The number of methoxy groups -OCH3 is 1. The van der Waals surface area contributed by atoms with Crippen molar-refractivity contribution in [3.05, 3.63) is 30.0 Å². The van der Waals surface area contributed by atoms with E-state index in [1.807, 2.05) is 12.1 Å². The van der Waals surface area contributed by atoms with Gasteiger partial charge in [-0.15, -0.1) is 0 Å². The molecule has 0 saturated heterocycles. The molecule has 1 heterocycles. The van der Waals surface area contributed by atoms with Gasteiger partial charge in [0.15, 0.2) is 0 Å². The zero-order valence-corrected chi connectivity index (χ0v) is 11.7. The van der Waals surface area contributed by atoms with Crippen LogP contribution in [0.25, 0.3) is 10.9 Å². The molecule has 0 bridgehead atoms. The SMILES string of the molecule is COc1cccc2c1cc(C(CN)C1CCC1)n2C. The van der Waals surface area contributed by atoms with Crippen molar-refractivity contribution >= 4 is 10.9 Å². The molecule has 3 nitrogen and oxygen atoms in total. The average Bonchev–Trinajstić information content (AvgIpc) is 2.71. The molecule has 3 rings (SSSR count). The van der Waals surface area contributed by atoms with Gasteiger partial charge < -0.3 is 15.0 Å². The van der Waals surface area contributed by atoms with Crippen molar-refractivity contribution in [2.75, 3.05) is 13.7 Å². The van der Waals surface area contributed by atoms with Crippen LogP contribution in [-0.2, 0) is 7.05 Å². The molecular weight excluding hydrogens is 236 g/mol. The van der Waals surface area contributed by atoms with Crippen LogP contribution >= 0.6 is 0 Å². The van der Waals surface area contributed by atoms with E-state index in [2.05, 4.69) is 23.7 Å². The molecule has 1 aliphatic carbocycles. The monoisotopic (exact) mass is 258 g/mol. The lowest BCUT2D eigenvalue weighted by atomic mass is 9.74. The summed E-state index contributed by atoms with van der Waals surface area (Å²) in [5.41, 5.74) is 8.61. The summed E-state index contributed by atoms with van der Waals surface area (Å²) in [6.07, 6.45) is 4.00. The van der Waals surface area contributed by atoms with Gasteiger partial charge in [0.1, 0.15) is 5.75 Å². The van der Waals surface area contributed by atoms with E-state index in [0.29, 0.717) is 5.92 Å². The lowest BCUT2D eigenvalue weighted by molar-refractivity contribution is 0.258. The largest absolute Gasteiger partial charge is 0.496 e. The third kappa shape index (κ3) is 1.93. The summed E-state index contributed by atoms with van der Waals surface area (Å²) in [6.45, 7) is 0.733. The molecule has 0 spiro atoms. The molecule has 1 saturated carbocycles. The summed E-state index contributed by atoms with van der Waals surface area (Å²) < 4.78 is 7.75. The Kier molecular flexibility index (Phi) is 3.23. The van der Waals surface area contributed by atoms with Gasteiger partial charge in [0, 0.05) is 30.6 Å². The van der Waals surface area contributed by atoms with Gasteiger partial charge in [-0.1, -0.05) is 12.5 Å². The zero-order valence-electron chi connectivity index (χ0n) is 11.7. The van der Waals surface area contributed by atoms with Gasteiger partial charge in [-0.3, -0.25) is 0 Å². The van der Waals surface area contributed by atoms with Crippen molar-refractivity contribution < 1.29 is 4.74 Å². The summed E-state index contributed by atoms with van der Waals surface area (Å²) in [6, 6.07) is 8.48. The first-order valence-electron chi connectivity index (χ1n) is 7.08. The van der Waals surface area contributed by atoms with Gasteiger partial charge >= 0.3 is 0 Å². The maximum absolute atomic E-state index is 6.03. The molecule has 0 radical (unpaired) electrons. The van der Waals surface area contributed by atoms with Crippen LogP contribution in [0.3, 0.4) is 0 Å². The van der Waals surface area contributed by atoms with E-state index in [-0.39, 0.29) is 0 Å². The van der Waals surface area contributed by atoms with E-state index < -0.39 is 0 Å². The standard InChI is InChI=1S/C16H22N2O/c1-18-14-7-4-8-16(19-2)12(14)9-15(18)13(10-17)11-5-3-6-11/h4,7-9,11,13H,3,5-6,10,17H2,1-2H3. The van der Waals surface area contributed by atoms with E-state index in [4.69, 9.17) is 10.5 Å². The third-order valence-corrected chi connectivity index (χ3v) is 4.66. The van der Waals surface area contributed by atoms with Gasteiger partial charge in [0.25, 0.3) is 0 Å². The fourth-order valence-corrected chi connectivity index (χ4v) is 3.28. The molecule has 3 heteroatoms. The molecule has 1 fully saturated rings. The van der Waals surface area contributed by atoms with Crippen LogP contribution in [0.1, 0.15) is 30.9 Å². The predicted molar refractivity (Wildman–Crippen MR) is 78.6 cm³/mol. The Hall–Kier alpha value is -1.48. The fraction of sp³-hybridized carbons (Fsp3) is 0.500. The predicted octanol–water partition coefficient (Wildman–Crippen LogP) is 3.03. The molecule has 1 atom stereocenters. The molecule has 1 aromatic heterocycles. The lowest BCUT2D eigenvalue weighted by Gasteiger charge is -2.33. The minimum Gasteiger partial charge on any atom is -0.496 e. The molecule has 0 amide bonds. The van der Waals surface area contributed by atoms with Gasteiger partial charge in [-0.05, 0) is 37.0 Å². The van der Waals surface area contributed by atoms with Crippen molar-refractivity contribution in [3.8, 4) is 5.75 Å². The number of hydrogen-bond acceptors (Lipinski definition) is 2. The third-order valence-electron chi connectivity index (χ3n) is 4.66. The van der Waals surface area contributed by atoms with Crippen molar-refractivity contribution in [2.45, 2.75) is 25.2 Å². The number of rotatable bonds is 4. The van der Waals surface area contributed by atoms with Crippen LogP contribution in [0.4, 0.5) is 0 Å². The molecule has 2 aromatic rings. The van der Waals surface area contributed by atoms with E-state index in [1.165, 1.54) is 35.9 Å². The van der Waals surface area contributed by atoms with Crippen molar-refractivity contribution in [1.29, 1.82) is 0 Å². The topological polar surface area (TPSA) is 40.2 Å². The molecule has 19 heavy (non-hydrogen) atoms. The Morgan fingerprint density at radius 2 is 2.21 bits per heavy atom. The van der Waals surface area contributed by atoms with E-state index in [1.54, 1.807) is 7.11 Å². The number of nitrogens with zero attached hydrogens (tertiary/aromatic N) is 1.